The minimum Gasteiger partial charge on any atom is -0.456 e. The molecule has 0 aliphatic heterocycles. The molecule has 0 aliphatic rings. The second kappa shape index (κ2) is 66.1. The largest absolute Gasteiger partial charge is 0.472 e. The molecule has 1 amide bonds. The van der Waals surface area contributed by atoms with Crippen molar-refractivity contribution in [1.82, 2.24) is 5.32 Å². The van der Waals surface area contributed by atoms with Crippen molar-refractivity contribution in [3.63, 3.8) is 0 Å². The van der Waals surface area contributed by atoms with Crippen LogP contribution in [0.25, 0.3) is 0 Å². The molecule has 506 valence electrons. The number of carbonyl (C=O) groups is 2. The SMILES string of the molecule is CCCCC/C=C\C/C=C\C/C=C\C/C=C\CCCCCCCCCC(=O)OC(/C=C\CCCCCCCCCCC)C(COP(=O)(O)OCC[N+](C)(C)C)NC(=O)CCCCCCCCCCCCCCCCCCC/C=C\C/C=C\CCCCC. The highest BCUT2D eigenvalue weighted by Crippen LogP contribution is 2.43. The molecule has 0 saturated carbocycles. The monoisotopic (exact) mass is 1240 g/mol. The number of ether oxygens (including phenoxy) is 1. The van der Waals surface area contributed by atoms with Gasteiger partial charge in [0.2, 0.25) is 5.91 Å². The summed E-state index contributed by atoms with van der Waals surface area (Å²) in [6, 6.07) is -0.857. The molecule has 0 spiro atoms. The number of hydrogen-bond acceptors (Lipinski definition) is 6. The van der Waals surface area contributed by atoms with E-state index in [0.717, 1.165) is 96.3 Å². The molecule has 0 saturated heterocycles. The van der Waals surface area contributed by atoms with Gasteiger partial charge in [0.05, 0.1) is 33.8 Å². The van der Waals surface area contributed by atoms with Gasteiger partial charge in [0, 0.05) is 12.8 Å². The molecule has 0 aliphatic carbocycles. The first-order chi connectivity index (χ1) is 42.4. The third kappa shape index (κ3) is 67.4. The lowest BCUT2D eigenvalue weighted by molar-refractivity contribution is -0.870. The fourth-order valence-corrected chi connectivity index (χ4v) is 11.3. The summed E-state index contributed by atoms with van der Waals surface area (Å²) in [4.78, 5) is 37.9. The Balaban J connectivity index is 4.98. The lowest BCUT2D eigenvalue weighted by Crippen LogP contribution is -2.47. The Morgan fingerprint density at radius 2 is 0.701 bits per heavy atom. The summed E-state index contributed by atoms with van der Waals surface area (Å²) in [5.41, 5.74) is 0. The lowest BCUT2D eigenvalue weighted by atomic mass is 10.0. The highest BCUT2D eigenvalue weighted by molar-refractivity contribution is 7.47. The van der Waals surface area contributed by atoms with Crippen LogP contribution in [0.15, 0.2) is 85.1 Å². The van der Waals surface area contributed by atoms with Gasteiger partial charge in [-0.1, -0.05) is 305 Å². The number of phosphoric ester groups is 1. The summed E-state index contributed by atoms with van der Waals surface area (Å²) in [7, 11) is 1.49. The van der Waals surface area contributed by atoms with Crippen LogP contribution in [0.3, 0.4) is 0 Å². The zero-order chi connectivity index (χ0) is 63.5. The van der Waals surface area contributed by atoms with Gasteiger partial charge in [-0.25, -0.2) is 4.57 Å². The first-order valence-corrected chi connectivity index (χ1v) is 38.4. The number of esters is 1. The van der Waals surface area contributed by atoms with E-state index in [2.05, 4.69) is 99.0 Å². The molecule has 0 fully saturated rings. The van der Waals surface area contributed by atoms with E-state index >= 15 is 0 Å². The molecule has 0 rings (SSSR count). The molecular weight excluding hydrogens is 1100 g/mol. The third-order valence-electron chi connectivity index (χ3n) is 16.3. The van der Waals surface area contributed by atoms with E-state index in [1.54, 1.807) is 0 Å². The smallest absolute Gasteiger partial charge is 0.456 e. The number of rotatable bonds is 67. The average Bonchev–Trinajstić information content (AvgIpc) is 3.70. The molecule has 0 aromatic heterocycles. The van der Waals surface area contributed by atoms with Gasteiger partial charge in [0.15, 0.2) is 0 Å². The molecule has 0 bridgehead atoms. The Morgan fingerprint density at radius 3 is 1.07 bits per heavy atom. The van der Waals surface area contributed by atoms with Gasteiger partial charge >= 0.3 is 13.8 Å². The van der Waals surface area contributed by atoms with Crippen molar-refractivity contribution in [2.75, 3.05) is 40.9 Å². The first-order valence-electron chi connectivity index (χ1n) is 36.9. The normalized spacial score (nSPS) is 14.0. The van der Waals surface area contributed by atoms with Crippen LogP contribution in [0.2, 0.25) is 0 Å². The van der Waals surface area contributed by atoms with Crippen molar-refractivity contribution in [1.29, 1.82) is 0 Å². The zero-order valence-corrected chi connectivity index (χ0v) is 58.9. The van der Waals surface area contributed by atoms with Gasteiger partial charge in [0.1, 0.15) is 19.3 Å². The average molecular weight is 1240 g/mol. The van der Waals surface area contributed by atoms with Crippen molar-refractivity contribution in [3.05, 3.63) is 85.1 Å². The van der Waals surface area contributed by atoms with Crippen LogP contribution in [-0.2, 0) is 27.9 Å². The van der Waals surface area contributed by atoms with E-state index in [1.165, 1.54) is 212 Å². The minimum absolute atomic E-state index is 0.0366. The Bertz CT molecular complexity index is 1760. The minimum atomic E-state index is -4.46. The number of unbranched alkanes of at least 4 members (excludes halogenated alkanes) is 39. The number of allylic oxidation sites excluding steroid dienone is 13. The van der Waals surface area contributed by atoms with Crippen molar-refractivity contribution in [2.24, 2.45) is 0 Å². The highest BCUT2D eigenvalue weighted by atomic mass is 31.2. The van der Waals surface area contributed by atoms with E-state index in [-0.39, 0.29) is 31.5 Å². The molecule has 9 nitrogen and oxygen atoms in total. The molecule has 0 aromatic rings. The van der Waals surface area contributed by atoms with Gasteiger partial charge < -0.3 is 19.4 Å². The Morgan fingerprint density at radius 1 is 0.402 bits per heavy atom. The van der Waals surface area contributed by atoms with E-state index in [0.29, 0.717) is 17.4 Å². The van der Waals surface area contributed by atoms with E-state index < -0.39 is 20.0 Å². The number of likely N-dealkylation sites (N-methyl/N-ethyl adjacent to an activating group) is 1. The van der Waals surface area contributed by atoms with E-state index in [9.17, 15) is 19.0 Å². The van der Waals surface area contributed by atoms with Crippen LogP contribution >= 0.6 is 7.82 Å². The van der Waals surface area contributed by atoms with Crippen molar-refractivity contribution in [2.45, 2.75) is 354 Å². The summed E-state index contributed by atoms with van der Waals surface area (Å²) < 4.78 is 30.8. The second-order valence-electron chi connectivity index (χ2n) is 26.1. The molecule has 3 unspecified atom stereocenters. The topological polar surface area (TPSA) is 111 Å². The molecule has 87 heavy (non-hydrogen) atoms. The van der Waals surface area contributed by atoms with E-state index in [4.69, 9.17) is 13.8 Å². The molecule has 0 radical (unpaired) electrons. The van der Waals surface area contributed by atoms with Crippen molar-refractivity contribution in [3.8, 4) is 0 Å². The van der Waals surface area contributed by atoms with Gasteiger partial charge in [-0.05, 0) is 109 Å². The Hall–Kier alpha value is -2.81. The molecule has 2 N–H and O–H groups in total. The molecule has 3 atom stereocenters. The molecular formula is C77H142N2O7P+. The number of nitrogens with one attached hydrogen (secondary N) is 1. The maximum atomic E-state index is 13.6. The van der Waals surface area contributed by atoms with Gasteiger partial charge in [-0.3, -0.25) is 18.6 Å². The standard InChI is InChI=1S/C77H141N2O7P/c1-7-10-13-16-19-22-25-27-29-31-33-35-37-38-39-40-42-43-45-47-49-51-54-57-60-63-66-69-76(80)78-74(73-85-87(82,83)84-72-71-79(4,5)6)75(68-65-62-59-56-53-24-21-18-15-12-9-3)86-77(81)70-67-64-61-58-55-52-50-48-46-44-41-36-34-32-30-28-26-23-20-17-14-11-8-2/h19-20,22-23,27-30,34,36,44,46,65,68,74-75H,7-18,21,24-26,31-33,35,37-43,45,47-64,66-67,69-73H2,1-6H3,(H-,78,80,82,83)/p+1/b22-19-,23-20-,29-27-,30-28-,36-34-,46-44-,68-65-. The maximum absolute atomic E-state index is 13.6. The van der Waals surface area contributed by atoms with Crippen LogP contribution in [0.4, 0.5) is 0 Å². The molecule has 10 heteroatoms. The third-order valence-corrected chi connectivity index (χ3v) is 17.3. The predicted octanol–water partition coefficient (Wildman–Crippen LogP) is 23.7. The summed E-state index contributed by atoms with van der Waals surface area (Å²) in [5.74, 6) is -0.509. The number of hydrogen-bond donors (Lipinski definition) is 2. The van der Waals surface area contributed by atoms with Crippen molar-refractivity contribution < 1.29 is 37.3 Å². The van der Waals surface area contributed by atoms with Crippen LogP contribution < -0.4 is 5.32 Å². The summed E-state index contributed by atoms with van der Waals surface area (Å²) in [6.45, 7) is 6.98. The van der Waals surface area contributed by atoms with Crippen LogP contribution in [-0.4, -0.2) is 74.3 Å². The summed E-state index contributed by atoms with van der Waals surface area (Å²) in [5, 5.41) is 3.07. The maximum Gasteiger partial charge on any atom is 0.472 e. The molecule has 0 heterocycles. The first kappa shape index (κ1) is 84.2. The van der Waals surface area contributed by atoms with Crippen LogP contribution in [0, 0.1) is 0 Å². The number of phosphoric acid groups is 1. The summed E-state index contributed by atoms with van der Waals surface area (Å²) in [6.07, 6.45) is 88.9. The van der Waals surface area contributed by atoms with Crippen LogP contribution in [0.5, 0.6) is 0 Å². The lowest BCUT2D eigenvalue weighted by Gasteiger charge is -2.27. The van der Waals surface area contributed by atoms with Gasteiger partial charge in [-0.15, -0.1) is 0 Å². The summed E-state index contributed by atoms with van der Waals surface area (Å²) >= 11 is 0. The second-order valence-corrected chi connectivity index (χ2v) is 27.6. The van der Waals surface area contributed by atoms with E-state index in [1.807, 2.05) is 33.3 Å². The highest BCUT2D eigenvalue weighted by Gasteiger charge is 2.30. The fourth-order valence-electron chi connectivity index (χ4n) is 10.6. The van der Waals surface area contributed by atoms with Gasteiger partial charge in [-0.2, -0.15) is 0 Å². The zero-order valence-electron chi connectivity index (χ0n) is 58.0. The number of quaternary nitrogens is 1. The Labute approximate surface area is 539 Å². The van der Waals surface area contributed by atoms with Gasteiger partial charge in [0.25, 0.3) is 0 Å². The fraction of sp³-hybridized carbons (Fsp3) is 0.792. The Kier molecular flexibility index (Phi) is 64.0. The van der Waals surface area contributed by atoms with Crippen molar-refractivity contribution >= 4 is 19.7 Å². The number of amides is 1. The molecule has 0 aromatic carbocycles. The number of nitrogens with zero attached hydrogens (tertiary/aromatic N) is 1. The van der Waals surface area contributed by atoms with Crippen LogP contribution in [0.1, 0.15) is 342 Å². The quantitative estimate of drug-likeness (QED) is 0.0205. The number of carbonyl (C=O) groups excluding carboxylic acids is 2. The predicted molar refractivity (Wildman–Crippen MR) is 378 cm³/mol.